The number of hydrogen-bond acceptors (Lipinski definition) is 1. The van der Waals surface area contributed by atoms with E-state index in [0.717, 1.165) is 11.1 Å². The lowest BCUT2D eigenvalue weighted by Gasteiger charge is -2.21. The Balaban J connectivity index is 2.85. The van der Waals surface area contributed by atoms with Crippen molar-refractivity contribution >= 4 is 21.7 Å². The van der Waals surface area contributed by atoms with E-state index in [4.69, 9.17) is 0 Å². The van der Waals surface area contributed by atoms with E-state index >= 15 is 0 Å². The number of alkyl halides is 1. The summed E-state index contributed by atoms with van der Waals surface area (Å²) >= 11 is 3.40. The van der Waals surface area contributed by atoms with Gasteiger partial charge in [-0.05, 0) is 36.6 Å². The molecule has 1 aromatic carbocycles. The zero-order valence-corrected chi connectivity index (χ0v) is 12.3. The quantitative estimate of drug-likeness (QED) is 0.770. The summed E-state index contributed by atoms with van der Waals surface area (Å²) in [6.07, 6.45) is 0.527. The van der Waals surface area contributed by atoms with Crippen molar-refractivity contribution in [1.29, 1.82) is 0 Å². The highest BCUT2D eigenvalue weighted by Gasteiger charge is 2.28. The summed E-state index contributed by atoms with van der Waals surface area (Å²) in [7, 11) is 0. The van der Waals surface area contributed by atoms with Crippen LogP contribution in [0.4, 0.5) is 4.39 Å². The van der Waals surface area contributed by atoms with Crippen molar-refractivity contribution in [2.45, 2.75) is 38.9 Å². The summed E-state index contributed by atoms with van der Waals surface area (Å²) in [5, 5.41) is 0. The maximum absolute atomic E-state index is 13.1. The first-order valence-electron chi connectivity index (χ1n) is 5.65. The number of rotatable bonds is 3. The van der Waals surface area contributed by atoms with Gasteiger partial charge in [-0.1, -0.05) is 42.8 Å². The van der Waals surface area contributed by atoms with Crippen LogP contribution in [0, 0.1) is 18.2 Å². The van der Waals surface area contributed by atoms with E-state index in [1.165, 1.54) is 12.1 Å². The molecule has 1 atom stereocenters. The van der Waals surface area contributed by atoms with Crippen LogP contribution in [0.2, 0.25) is 0 Å². The summed E-state index contributed by atoms with van der Waals surface area (Å²) in [6.45, 7) is 7.60. The van der Waals surface area contributed by atoms with Gasteiger partial charge in [-0.15, -0.1) is 0 Å². The normalized spacial score (nSPS) is 13.5. The predicted molar refractivity (Wildman–Crippen MR) is 72.0 cm³/mol. The molecule has 17 heavy (non-hydrogen) atoms. The molecule has 0 radical (unpaired) electrons. The fourth-order valence-electron chi connectivity index (χ4n) is 1.62. The van der Waals surface area contributed by atoms with Crippen molar-refractivity contribution in [3.8, 4) is 0 Å². The lowest BCUT2D eigenvalue weighted by Crippen LogP contribution is -2.30. The van der Waals surface area contributed by atoms with Crippen molar-refractivity contribution in [2.75, 3.05) is 0 Å². The van der Waals surface area contributed by atoms with Gasteiger partial charge in [0.25, 0.3) is 0 Å². The molecular formula is C14H18BrFO. The first kappa shape index (κ1) is 14.4. The maximum Gasteiger partial charge on any atom is 0.152 e. The molecule has 94 valence electrons. The number of carbonyl (C=O) groups is 1. The first-order valence-corrected chi connectivity index (χ1v) is 6.57. The average molecular weight is 301 g/mol. The van der Waals surface area contributed by atoms with Crippen LogP contribution in [0.1, 0.15) is 31.9 Å². The lowest BCUT2D eigenvalue weighted by atomic mass is 9.87. The molecule has 0 spiro atoms. The third kappa shape index (κ3) is 3.91. The molecule has 0 aliphatic carbocycles. The van der Waals surface area contributed by atoms with Crippen LogP contribution in [-0.2, 0) is 11.2 Å². The molecule has 0 aromatic heterocycles. The Morgan fingerprint density at radius 1 is 1.41 bits per heavy atom. The molecule has 0 heterocycles. The molecule has 0 fully saturated rings. The van der Waals surface area contributed by atoms with Gasteiger partial charge in [0.2, 0.25) is 0 Å². The van der Waals surface area contributed by atoms with E-state index in [-0.39, 0.29) is 21.8 Å². The van der Waals surface area contributed by atoms with Gasteiger partial charge in [0.15, 0.2) is 5.78 Å². The smallest absolute Gasteiger partial charge is 0.152 e. The zero-order chi connectivity index (χ0) is 13.2. The molecule has 0 N–H and O–H groups in total. The third-order valence-corrected chi connectivity index (χ3v) is 3.47. The molecule has 0 bridgehead atoms. The van der Waals surface area contributed by atoms with Crippen LogP contribution in [-0.4, -0.2) is 10.6 Å². The minimum atomic E-state index is -0.380. The minimum absolute atomic E-state index is 0.140. The molecular weight excluding hydrogens is 283 g/mol. The van der Waals surface area contributed by atoms with Crippen molar-refractivity contribution < 1.29 is 9.18 Å². The zero-order valence-electron chi connectivity index (χ0n) is 10.7. The molecule has 1 rings (SSSR count). The van der Waals surface area contributed by atoms with Gasteiger partial charge in [-0.25, -0.2) is 4.39 Å². The Morgan fingerprint density at radius 3 is 2.53 bits per heavy atom. The van der Waals surface area contributed by atoms with E-state index in [9.17, 15) is 9.18 Å². The highest BCUT2D eigenvalue weighted by Crippen LogP contribution is 2.24. The number of benzene rings is 1. The van der Waals surface area contributed by atoms with Crippen LogP contribution in [0.5, 0.6) is 0 Å². The van der Waals surface area contributed by atoms with Gasteiger partial charge >= 0.3 is 0 Å². The van der Waals surface area contributed by atoms with Crippen molar-refractivity contribution in [1.82, 2.24) is 0 Å². The summed E-state index contributed by atoms with van der Waals surface area (Å²) in [5.41, 5.74) is 1.51. The van der Waals surface area contributed by atoms with E-state index in [2.05, 4.69) is 15.9 Å². The van der Waals surface area contributed by atoms with Gasteiger partial charge in [0.1, 0.15) is 5.82 Å². The molecule has 0 saturated carbocycles. The fraction of sp³-hybridized carbons (Fsp3) is 0.500. The van der Waals surface area contributed by atoms with Gasteiger partial charge < -0.3 is 0 Å². The molecule has 0 aliphatic rings. The summed E-state index contributed by atoms with van der Waals surface area (Å²) < 4.78 is 13.1. The fourth-order valence-corrected chi connectivity index (χ4v) is 2.65. The topological polar surface area (TPSA) is 17.1 Å². The summed E-state index contributed by atoms with van der Waals surface area (Å²) in [5.74, 6) is -0.116. The van der Waals surface area contributed by atoms with Crippen molar-refractivity contribution in [3.63, 3.8) is 0 Å². The Morgan fingerprint density at radius 2 is 2.00 bits per heavy atom. The number of hydrogen-bond donors (Lipinski definition) is 0. The van der Waals surface area contributed by atoms with Crippen LogP contribution < -0.4 is 0 Å². The molecule has 3 heteroatoms. The number of halogens is 2. The largest absolute Gasteiger partial charge is 0.298 e. The Labute approximate surface area is 111 Å². The molecule has 1 aromatic rings. The van der Waals surface area contributed by atoms with Crippen molar-refractivity contribution in [3.05, 3.63) is 35.1 Å². The monoisotopic (exact) mass is 300 g/mol. The molecule has 1 unspecified atom stereocenters. The number of ketones is 1. The Bertz CT molecular complexity index is 421. The second-order valence-electron chi connectivity index (χ2n) is 5.36. The number of carbonyl (C=O) groups excluding carboxylic acids is 1. The van der Waals surface area contributed by atoms with Crippen LogP contribution >= 0.6 is 15.9 Å². The highest BCUT2D eigenvalue weighted by molar-refractivity contribution is 9.10. The lowest BCUT2D eigenvalue weighted by molar-refractivity contribution is -0.125. The summed E-state index contributed by atoms with van der Waals surface area (Å²) in [4.78, 5) is 11.8. The molecule has 0 amide bonds. The molecule has 0 saturated heterocycles. The molecule has 0 aliphatic heterocycles. The minimum Gasteiger partial charge on any atom is -0.298 e. The Hall–Kier alpha value is -0.700. The predicted octanol–water partition coefficient (Wildman–Crippen LogP) is 4.06. The van der Waals surface area contributed by atoms with E-state index in [1.54, 1.807) is 6.07 Å². The van der Waals surface area contributed by atoms with Crippen molar-refractivity contribution in [2.24, 2.45) is 5.41 Å². The standard InChI is InChI=1S/C14H18BrFO/c1-9-5-6-11(16)7-10(9)8-12(15)13(17)14(2,3)4/h5-7,12H,8H2,1-4H3. The Kier molecular flexibility index (Phi) is 4.48. The van der Waals surface area contributed by atoms with Crippen LogP contribution in [0.3, 0.4) is 0 Å². The van der Waals surface area contributed by atoms with Gasteiger partial charge in [-0.2, -0.15) is 0 Å². The van der Waals surface area contributed by atoms with Gasteiger partial charge in [0, 0.05) is 5.41 Å². The summed E-state index contributed by atoms with van der Waals surface area (Å²) in [6, 6.07) is 4.68. The van der Waals surface area contributed by atoms with Gasteiger partial charge in [0.05, 0.1) is 4.83 Å². The average Bonchev–Trinajstić information content (AvgIpc) is 2.21. The third-order valence-electron chi connectivity index (χ3n) is 2.73. The second-order valence-corrected chi connectivity index (χ2v) is 6.46. The van der Waals surface area contributed by atoms with E-state index in [1.807, 2.05) is 27.7 Å². The van der Waals surface area contributed by atoms with Crippen LogP contribution in [0.15, 0.2) is 18.2 Å². The first-order chi connectivity index (χ1) is 7.71. The highest BCUT2D eigenvalue weighted by atomic mass is 79.9. The van der Waals surface area contributed by atoms with Gasteiger partial charge in [-0.3, -0.25) is 4.79 Å². The maximum atomic E-state index is 13.1. The van der Waals surface area contributed by atoms with Crippen LogP contribution in [0.25, 0.3) is 0 Å². The molecule has 1 nitrogen and oxygen atoms in total. The van der Waals surface area contributed by atoms with E-state index < -0.39 is 0 Å². The second kappa shape index (κ2) is 5.30. The SMILES string of the molecule is Cc1ccc(F)cc1CC(Br)C(=O)C(C)(C)C. The number of aryl methyl sites for hydroxylation is 1. The van der Waals surface area contributed by atoms with E-state index in [0.29, 0.717) is 6.42 Å². The number of Topliss-reactive ketones (excluding diaryl/α,β-unsaturated/α-hetero) is 1.